The first kappa shape index (κ1) is 13.0. The summed E-state index contributed by atoms with van der Waals surface area (Å²) >= 11 is 0. The maximum absolute atomic E-state index is 4.02. The smallest absolute Gasteiger partial charge is 0.0219 e. The standard InChI is InChI=1S/C14H22/c1-9(2)11(5)13(7)14(8)12(6)10(3)4/h9-10H,5-8H2,1-4H3. The van der Waals surface area contributed by atoms with E-state index in [0.717, 1.165) is 22.3 Å². The van der Waals surface area contributed by atoms with Crippen molar-refractivity contribution in [3.8, 4) is 0 Å². The predicted octanol–water partition coefficient (Wildman–Crippen LogP) is 4.52. The quantitative estimate of drug-likeness (QED) is 0.559. The predicted molar refractivity (Wildman–Crippen MR) is 66.2 cm³/mol. The van der Waals surface area contributed by atoms with Crippen molar-refractivity contribution in [1.29, 1.82) is 0 Å². The van der Waals surface area contributed by atoms with Gasteiger partial charge in [-0.25, -0.2) is 0 Å². The zero-order valence-corrected chi connectivity index (χ0v) is 9.98. The summed E-state index contributed by atoms with van der Waals surface area (Å²) in [6, 6.07) is 0. The van der Waals surface area contributed by atoms with Crippen LogP contribution in [0.15, 0.2) is 48.6 Å². The average molecular weight is 190 g/mol. The van der Waals surface area contributed by atoms with Gasteiger partial charge in [-0.05, 0) is 34.1 Å². The minimum absolute atomic E-state index is 0.416. The summed E-state index contributed by atoms with van der Waals surface area (Å²) in [4.78, 5) is 0. The monoisotopic (exact) mass is 190 g/mol. The Kier molecular flexibility index (Phi) is 4.62. The highest BCUT2D eigenvalue weighted by Gasteiger charge is 2.12. The SMILES string of the molecule is C=C(C(=C)C(=C)C(C)C)C(=C)C(C)C. The number of allylic oxidation sites excluding steroid dienone is 4. The van der Waals surface area contributed by atoms with Crippen LogP contribution in [-0.2, 0) is 0 Å². The molecular formula is C14H22. The van der Waals surface area contributed by atoms with E-state index in [1.165, 1.54) is 0 Å². The van der Waals surface area contributed by atoms with E-state index in [1.807, 2.05) is 0 Å². The van der Waals surface area contributed by atoms with Crippen molar-refractivity contribution in [1.82, 2.24) is 0 Å². The lowest BCUT2D eigenvalue weighted by Gasteiger charge is -2.18. The summed E-state index contributed by atoms with van der Waals surface area (Å²) in [6.07, 6.45) is 0. The van der Waals surface area contributed by atoms with E-state index in [9.17, 15) is 0 Å². The van der Waals surface area contributed by atoms with Gasteiger partial charge >= 0.3 is 0 Å². The Hall–Kier alpha value is -1.04. The number of rotatable bonds is 5. The molecule has 0 N–H and O–H groups in total. The van der Waals surface area contributed by atoms with Crippen LogP contribution in [0, 0.1) is 11.8 Å². The lowest BCUT2D eigenvalue weighted by atomic mass is 9.86. The Morgan fingerprint density at radius 2 is 0.857 bits per heavy atom. The third-order valence-corrected chi connectivity index (χ3v) is 2.53. The van der Waals surface area contributed by atoms with Gasteiger partial charge < -0.3 is 0 Å². The fourth-order valence-electron chi connectivity index (χ4n) is 1.08. The minimum atomic E-state index is 0.416. The van der Waals surface area contributed by atoms with E-state index in [-0.39, 0.29) is 0 Å². The maximum Gasteiger partial charge on any atom is -0.0219 e. The molecule has 0 aliphatic rings. The van der Waals surface area contributed by atoms with Crippen molar-refractivity contribution in [2.24, 2.45) is 11.8 Å². The highest BCUT2D eigenvalue weighted by atomic mass is 14.2. The van der Waals surface area contributed by atoms with Crippen LogP contribution in [0.3, 0.4) is 0 Å². The van der Waals surface area contributed by atoms with E-state index in [1.54, 1.807) is 0 Å². The highest BCUT2D eigenvalue weighted by molar-refractivity contribution is 5.52. The minimum Gasteiger partial charge on any atom is -0.0950 e. The summed E-state index contributed by atoms with van der Waals surface area (Å²) in [5.74, 6) is 0.832. The lowest BCUT2D eigenvalue weighted by Crippen LogP contribution is -2.03. The molecule has 0 heteroatoms. The maximum atomic E-state index is 4.02. The topological polar surface area (TPSA) is 0 Å². The molecule has 0 nitrogen and oxygen atoms in total. The fourth-order valence-corrected chi connectivity index (χ4v) is 1.08. The molecule has 78 valence electrons. The van der Waals surface area contributed by atoms with Crippen LogP contribution < -0.4 is 0 Å². The highest BCUT2D eigenvalue weighted by Crippen LogP contribution is 2.28. The molecule has 0 spiro atoms. The summed E-state index contributed by atoms with van der Waals surface area (Å²) in [5.41, 5.74) is 3.99. The van der Waals surface area contributed by atoms with Gasteiger partial charge in [0.15, 0.2) is 0 Å². The van der Waals surface area contributed by atoms with Crippen LogP contribution in [0.1, 0.15) is 27.7 Å². The van der Waals surface area contributed by atoms with Crippen LogP contribution in [0.4, 0.5) is 0 Å². The van der Waals surface area contributed by atoms with Crippen molar-refractivity contribution in [2.75, 3.05) is 0 Å². The zero-order chi connectivity index (χ0) is 11.5. The Morgan fingerprint density at radius 1 is 0.643 bits per heavy atom. The van der Waals surface area contributed by atoms with Crippen LogP contribution in [-0.4, -0.2) is 0 Å². The molecule has 0 rings (SSSR count). The van der Waals surface area contributed by atoms with Gasteiger partial charge in [0, 0.05) is 0 Å². The molecule has 0 bridgehead atoms. The number of hydrogen-bond acceptors (Lipinski definition) is 0. The summed E-state index contributed by atoms with van der Waals surface area (Å²) in [5, 5.41) is 0. The van der Waals surface area contributed by atoms with Gasteiger partial charge in [-0.1, -0.05) is 54.0 Å². The molecule has 0 heterocycles. The normalized spacial score (nSPS) is 10.4. The van der Waals surface area contributed by atoms with E-state index in [2.05, 4.69) is 54.0 Å². The molecule has 0 amide bonds. The second-order valence-corrected chi connectivity index (χ2v) is 4.32. The summed E-state index contributed by atoms with van der Waals surface area (Å²) in [6.45, 7) is 24.5. The van der Waals surface area contributed by atoms with Gasteiger partial charge in [-0.3, -0.25) is 0 Å². The summed E-state index contributed by atoms with van der Waals surface area (Å²) in [7, 11) is 0. The van der Waals surface area contributed by atoms with Crippen LogP contribution >= 0.6 is 0 Å². The second kappa shape index (κ2) is 4.99. The third kappa shape index (κ3) is 3.02. The Bertz CT molecular complexity index is 244. The molecule has 0 radical (unpaired) electrons. The molecule has 0 saturated heterocycles. The first-order valence-corrected chi connectivity index (χ1v) is 5.05. The molecule has 0 unspecified atom stereocenters. The molecule has 0 aliphatic heterocycles. The van der Waals surface area contributed by atoms with Crippen molar-refractivity contribution >= 4 is 0 Å². The van der Waals surface area contributed by atoms with Gasteiger partial charge in [0.1, 0.15) is 0 Å². The van der Waals surface area contributed by atoms with Gasteiger partial charge in [-0.2, -0.15) is 0 Å². The van der Waals surface area contributed by atoms with Crippen LogP contribution in [0.25, 0.3) is 0 Å². The first-order chi connectivity index (χ1) is 6.29. The van der Waals surface area contributed by atoms with Crippen molar-refractivity contribution in [3.05, 3.63) is 48.6 Å². The molecule has 0 aliphatic carbocycles. The molecule has 0 aromatic rings. The molecule has 0 fully saturated rings. The van der Waals surface area contributed by atoms with E-state index >= 15 is 0 Å². The lowest BCUT2D eigenvalue weighted by molar-refractivity contribution is 0.765. The second-order valence-electron chi connectivity index (χ2n) is 4.32. The van der Waals surface area contributed by atoms with Gasteiger partial charge in [-0.15, -0.1) is 0 Å². The van der Waals surface area contributed by atoms with Crippen molar-refractivity contribution in [3.63, 3.8) is 0 Å². The van der Waals surface area contributed by atoms with E-state index in [0.29, 0.717) is 11.8 Å². The Morgan fingerprint density at radius 3 is 1.00 bits per heavy atom. The van der Waals surface area contributed by atoms with Crippen molar-refractivity contribution < 1.29 is 0 Å². The van der Waals surface area contributed by atoms with E-state index < -0.39 is 0 Å². The molecule has 0 saturated carbocycles. The Labute approximate surface area is 88.7 Å². The Balaban J connectivity index is 4.65. The van der Waals surface area contributed by atoms with Crippen LogP contribution in [0.2, 0.25) is 0 Å². The molecular weight excluding hydrogens is 168 g/mol. The third-order valence-electron chi connectivity index (χ3n) is 2.53. The van der Waals surface area contributed by atoms with Gasteiger partial charge in [0.05, 0.1) is 0 Å². The molecule has 14 heavy (non-hydrogen) atoms. The van der Waals surface area contributed by atoms with Crippen molar-refractivity contribution in [2.45, 2.75) is 27.7 Å². The molecule has 0 aromatic heterocycles. The van der Waals surface area contributed by atoms with E-state index in [4.69, 9.17) is 0 Å². The molecule has 0 aromatic carbocycles. The largest absolute Gasteiger partial charge is 0.0950 e. The average Bonchev–Trinajstić information content (AvgIpc) is 2.12. The molecule has 0 atom stereocenters. The van der Waals surface area contributed by atoms with Crippen LogP contribution in [0.5, 0.6) is 0 Å². The fraction of sp³-hybridized carbons (Fsp3) is 0.429. The first-order valence-electron chi connectivity index (χ1n) is 5.05. The summed E-state index contributed by atoms with van der Waals surface area (Å²) < 4.78 is 0. The van der Waals surface area contributed by atoms with Gasteiger partial charge in [0.2, 0.25) is 0 Å². The number of hydrogen-bond donors (Lipinski definition) is 0. The van der Waals surface area contributed by atoms with Gasteiger partial charge in [0.25, 0.3) is 0 Å². The zero-order valence-electron chi connectivity index (χ0n) is 9.98.